The molecule has 10 heteroatoms. The standard InChI is InChI=1S/C17H20F3N3O3S/c1-10(6-11-2-4-12(5-3-11)26-8-15(21)25)22-7-14(24)13-9-27-16(23-13)17(18,19)20/h2-5,9-10,14,22,24H,6-8H2,1H3,(H2,21,25). The van der Waals surface area contributed by atoms with Gasteiger partial charge in [-0.3, -0.25) is 4.79 Å². The van der Waals surface area contributed by atoms with Gasteiger partial charge in [0.15, 0.2) is 11.6 Å². The van der Waals surface area contributed by atoms with Crippen molar-refractivity contribution in [3.05, 3.63) is 45.9 Å². The predicted octanol–water partition coefficient (Wildman–Crippen LogP) is 2.28. The lowest BCUT2D eigenvalue weighted by molar-refractivity contribution is -0.137. The number of amides is 1. The molecule has 0 saturated heterocycles. The largest absolute Gasteiger partial charge is 0.484 e. The molecular formula is C17H20F3N3O3S. The van der Waals surface area contributed by atoms with Gasteiger partial charge in [-0.1, -0.05) is 12.1 Å². The fraction of sp³-hybridized carbons (Fsp3) is 0.412. The molecule has 0 fully saturated rings. The Labute approximate surface area is 158 Å². The van der Waals surface area contributed by atoms with E-state index in [0.717, 1.165) is 5.56 Å². The lowest BCUT2D eigenvalue weighted by atomic mass is 10.1. The van der Waals surface area contributed by atoms with Gasteiger partial charge in [0.25, 0.3) is 5.91 Å². The van der Waals surface area contributed by atoms with E-state index >= 15 is 0 Å². The van der Waals surface area contributed by atoms with Crippen LogP contribution in [0.4, 0.5) is 13.2 Å². The third kappa shape index (κ3) is 6.81. The van der Waals surface area contributed by atoms with Crippen molar-refractivity contribution < 1.29 is 27.8 Å². The number of rotatable bonds is 9. The van der Waals surface area contributed by atoms with Crippen LogP contribution in [0.5, 0.6) is 5.75 Å². The van der Waals surface area contributed by atoms with E-state index in [2.05, 4.69) is 10.3 Å². The van der Waals surface area contributed by atoms with Crippen molar-refractivity contribution in [2.24, 2.45) is 5.73 Å². The molecule has 1 aromatic heterocycles. The molecular weight excluding hydrogens is 383 g/mol. The minimum atomic E-state index is -4.50. The van der Waals surface area contributed by atoms with Crippen LogP contribution in [-0.2, 0) is 17.4 Å². The maximum atomic E-state index is 12.6. The highest BCUT2D eigenvalue weighted by Crippen LogP contribution is 2.32. The molecule has 0 aliphatic rings. The van der Waals surface area contributed by atoms with E-state index in [1.165, 1.54) is 5.38 Å². The molecule has 4 N–H and O–H groups in total. The molecule has 0 saturated carbocycles. The molecule has 2 atom stereocenters. The minimum Gasteiger partial charge on any atom is -0.484 e. The third-order valence-electron chi connectivity index (χ3n) is 3.61. The zero-order valence-electron chi connectivity index (χ0n) is 14.5. The quantitative estimate of drug-likeness (QED) is 0.597. The first-order valence-electron chi connectivity index (χ1n) is 8.09. The Kier molecular flexibility index (Phi) is 7.17. The number of hydrogen-bond acceptors (Lipinski definition) is 6. The zero-order valence-corrected chi connectivity index (χ0v) is 15.3. The van der Waals surface area contributed by atoms with Crippen LogP contribution in [-0.4, -0.2) is 35.2 Å². The van der Waals surface area contributed by atoms with E-state index in [1.807, 2.05) is 19.1 Å². The molecule has 6 nitrogen and oxygen atoms in total. The Hall–Kier alpha value is -2.17. The molecule has 0 aliphatic carbocycles. The maximum absolute atomic E-state index is 12.6. The number of carbonyl (C=O) groups excluding carboxylic acids is 1. The summed E-state index contributed by atoms with van der Waals surface area (Å²) in [6, 6.07) is 7.07. The number of aromatic nitrogens is 1. The van der Waals surface area contributed by atoms with E-state index in [1.54, 1.807) is 12.1 Å². The van der Waals surface area contributed by atoms with Crippen molar-refractivity contribution in [1.29, 1.82) is 0 Å². The summed E-state index contributed by atoms with van der Waals surface area (Å²) in [6.45, 7) is 1.79. The van der Waals surface area contributed by atoms with Crippen LogP contribution in [0.2, 0.25) is 0 Å². The number of thiazole rings is 1. The summed E-state index contributed by atoms with van der Waals surface area (Å²) in [7, 11) is 0. The van der Waals surface area contributed by atoms with Gasteiger partial charge in [-0.2, -0.15) is 13.2 Å². The van der Waals surface area contributed by atoms with Crippen LogP contribution >= 0.6 is 11.3 Å². The Morgan fingerprint density at radius 1 is 1.37 bits per heavy atom. The number of primary amides is 1. The number of aliphatic hydroxyl groups excluding tert-OH is 1. The van der Waals surface area contributed by atoms with Crippen LogP contribution in [0.3, 0.4) is 0 Å². The average molecular weight is 403 g/mol. The molecule has 148 valence electrons. The second-order valence-corrected chi connectivity index (χ2v) is 6.86. The van der Waals surface area contributed by atoms with Gasteiger partial charge in [-0.05, 0) is 31.0 Å². The van der Waals surface area contributed by atoms with Crippen molar-refractivity contribution in [2.45, 2.75) is 31.7 Å². The summed E-state index contributed by atoms with van der Waals surface area (Å²) in [5.41, 5.74) is 6.00. The predicted molar refractivity (Wildman–Crippen MR) is 94.4 cm³/mol. The van der Waals surface area contributed by atoms with Gasteiger partial charge in [0.05, 0.1) is 5.69 Å². The van der Waals surface area contributed by atoms with E-state index < -0.39 is 23.2 Å². The first-order valence-corrected chi connectivity index (χ1v) is 8.97. The fourth-order valence-corrected chi connectivity index (χ4v) is 3.02. The fourth-order valence-electron chi connectivity index (χ4n) is 2.29. The van der Waals surface area contributed by atoms with Crippen molar-refractivity contribution in [1.82, 2.24) is 10.3 Å². The topological polar surface area (TPSA) is 97.5 Å². The number of nitrogens with zero attached hydrogens (tertiary/aromatic N) is 1. The summed E-state index contributed by atoms with van der Waals surface area (Å²) < 4.78 is 42.8. The molecule has 0 spiro atoms. The molecule has 1 amide bonds. The van der Waals surface area contributed by atoms with Crippen molar-refractivity contribution >= 4 is 17.2 Å². The van der Waals surface area contributed by atoms with Crippen LogP contribution < -0.4 is 15.8 Å². The van der Waals surface area contributed by atoms with E-state index in [4.69, 9.17) is 10.5 Å². The SMILES string of the molecule is CC(Cc1ccc(OCC(N)=O)cc1)NCC(O)c1csc(C(F)(F)F)n1. The highest BCUT2D eigenvalue weighted by molar-refractivity contribution is 7.09. The zero-order chi connectivity index (χ0) is 20.0. The average Bonchev–Trinajstić information content (AvgIpc) is 3.09. The minimum absolute atomic E-state index is 0.00276. The van der Waals surface area contributed by atoms with Gasteiger partial charge >= 0.3 is 6.18 Å². The maximum Gasteiger partial charge on any atom is 0.443 e. The summed E-state index contributed by atoms with van der Waals surface area (Å²) in [6.07, 6.45) is -4.99. The Bertz CT molecular complexity index is 750. The number of benzene rings is 1. The summed E-state index contributed by atoms with van der Waals surface area (Å²) >= 11 is 0.464. The van der Waals surface area contributed by atoms with E-state index in [9.17, 15) is 23.1 Å². The summed E-state index contributed by atoms with van der Waals surface area (Å²) in [5.74, 6) is -0.0319. The molecule has 2 unspecified atom stereocenters. The number of nitrogens with one attached hydrogen (secondary N) is 1. The lowest BCUT2D eigenvalue weighted by Crippen LogP contribution is -2.32. The first-order chi connectivity index (χ1) is 12.6. The smallest absolute Gasteiger partial charge is 0.443 e. The third-order valence-corrected chi connectivity index (χ3v) is 4.52. The monoisotopic (exact) mass is 403 g/mol. The van der Waals surface area contributed by atoms with Crippen molar-refractivity contribution in [3.8, 4) is 5.75 Å². The lowest BCUT2D eigenvalue weighted by Gasteiger charge is -2.16. The molecule has 2 aromatic rings. The first kappa shape index (κ1) is 21.1. The number of alkyl halides is 3. The number of hydrogen-bond donors (Lipinski definition) is 3. The van der Waals surface area contributed by atoms with Gasteiger partial charge < -0.3 is 20.9 Å². The van der Waals surface area contributed by atoms with Crippen LogP contribution in [0.25, 0.3) is 0 Å². The summed E-state index contributed by atoms with van der Waals surface area (Å²) in [4.78, 5) is 14.1. The number of carbonyl (C=O) groups is 1. The van der Waals surface area contributed by atoms with Gasteiger partial charge in [0.2, 0.25) is 0 Å². The summed E-state index contributed by atoms with van der Waals surface area (Å²) in [5, 5.41) is 13.3. The van der Waals surface area contributed by atoms with E-state index in [0.29, 0.717) is 23.5 Å². The molecule has 1 aromatic carbocycles. The van der Waals surface area contributed by atoms with Crippen LogP contribution in [0.1, 0.15) is 29.3 Å². The molecule has 2 rings (SSSR count). The second-order valence-electron chi connectivity index (χ2n) is 6.00. The van der Waals surface area contributed by atoms with Gasteiger partial charge in [-0.25, -0.2) is 4.98 Å². The van der Waals surface area contributed by atoms with Gasteiger partial charge in [0.1, 0.15) is 11.9 Å². The molecule has 1 heterocycles. The molecule has 0 aliphatic heterocycles. The number of aliphatic hydroxyl groups is 1. The Morgan fingerprint density at radius 3 is 2.59 bits per heavy atom. The number of nitrogens with two attached hydrogens (primary N) is 1. The molecule has 0 radical (unpaired) electrons. The Morgan fingerprint density at radius 2 is 2.04 bits per heavy atom. The highest BCUT2D eigenvalue weighted by atomic mass is 32.1. The molecule has 0 bridgehead atoms. The molecule has 27 heavy (non-hydrogen) atoms. The second kappa shape index (κ2) is 9.16. The normalized spacial score (nSPS) is 14.0. The number of halogens is 3. The highest BCUT2D eigenvalue weighted by Gasteiger charge is 2.35. The van der Waals surface area contributed by atoms with Gasteiger partial charge in [-0.15, -0.1) is 11.3 Å². The van der Waals surface area contributed by atoms with Crippen LogP contribution in [0.15, 0.2) is 29.6 Å². The van der Waals surface area contributed by atoms with Crippen LogP contribution in [0, 0.1) is 0 Å². The van der Waals surface area contributed by atoms with Crippen molar-refractivity contribution in [2.75, 3.05) is 13.2 Å². The number of ether oxygens (including phenoxy) is 1. The Balaban J connectivity index is 1.80. The van der Waals surface area contributed by atoms with Gasteiger partial charge in [0, 0.05) is 18.0 Å². The van der Waals surface area contributed by atoms with E-state index in [-0.39, 0.29) is 24.9 Å². The van der Waals surface area contributed by atoms with Crippen molar-refractivity contribution in [3.63, 3.8) is 0 Å².